The number of nitrogens with two attached hydrogens (primary N) is 1. The Morgan fingerprint density at radius 2 is 2.36 bits per heavy atom. The predicted octanol–water partition coefficient (Wildman–Crippen LogP) is -0.264. The van der Waals surface area contributed by atoms with Crippen molar-refractivity contribution in [3.05, 3.63) is 0 Å². The van der Waals surface area contributed by atoms with Crippen LogP contribution in [0.25, 0.3) is 0 Å². The lowest BCUT2D eigenvalue weighted by molar-refractivity contribution is 0.00693. The number of ether oxygens (including phenoxy) is 1. The van der Waals surface area contributed by atoms with E-state index in [0.717, 1.165) is 0 Å². The van der Waals surface area contributed by atoms with E-state index in [1.165, 1.54) is 7.11 Å². The first-order valence-corrected chi connectivity index (χ1v) is 3.57. The fourth-order valence-corrected chi connectivity index (χ4v) is 0.819. The van der Waals surface area contributed by atoms with E-state index in [0.29, 0.717) is 19.4 Å². The largest absolute Gasteiger partial charge is 0.381 e. The first-order chi connectivity index (χ1) is 5.18. The normalized spacial score (nSPS) is 15.5. The average molecular weight is 157 g/mol. The van der Waals surface area contributed by atoms with E-state index in [1.54, 1.807) is 0 Å². The zero-order valence-electron chi connectivity index (χ0n) is 6.84. The van der Waals surface area contributed by atoms with Crippen molar-refractivity contribution in [1.82, 2.24) is 0 Å². The summed E-state index contributed by atoms with van der Waals surface area (Å²) in [5.74, 6) is 2.29. The summed E-state index contributed by atoms with van der Waals surface area (Å²) in [5.41, 5.74) is 4.14. The van der Waals surface area contributed by atoms with Crippen molar-refractivity contribution in [2.45, 2.75) is 18.4 Å². The van der Waals surface area contributed by atoms with Crippen LogP contribution in [0.3, 0.4) is 0 Å². The maximum atomic E-state index is 9.53. The van der Waals surface area contributed by atoms with E-state index >= 15 is 0 Å². The second-order valence-electron chi connectivity index (χ2n) is 2.50. The maximum absolute atomic E-state index is 9.53. The summed E-state index contributed by atoms with van der Waals surface area (Å²) < 4.78 is 4.76. The van der Waals surface area contributed by atoms with Crippen molar-refractivity contribution in [2.75, 3.05) is 20.3 Å². The molecular formula is C8H15NO2. The summed E-state index contributed by atoms with van der Waals surface area (Å²) in [4.78, 5) is 0. The number of rotatable bonds is 5. The number of aliphatic hydroxyl groups is 1. The van der Waals surface area contributed by atoms with Crippen molar-refractivity contribution in [1.29, 1.82) is 0 Å². The van der Waals surface area contributed by atoms with Crippen molar-refractivity contribution in [3.8, 4) is 12.3 Å². The molecule has 0 aliphatic rings. The van der Waals surface area contributed by atoms with Crippen molar-refractivity contribution < 1.29 is 9.84 Å². The van der Waals surface area contributed by atoms with Gasteiger partial charge in [0.1, 0.15) is 5.60 Å². The molecule has 0 radical (unpaired) electrons. The van der Waals surface area contributed by atoms with Gasteiger partial charge in [0.15, 0.2) is 0 Å². The minimum Gasteiger partial charge on any atom is -0.381 e. The van der Waals surface area contributed by atoms with E-state index in [4.69, 9.17) is 16.9 Å². The third-order valence-electron chi connectivity index (χ3n) is 1.45. The smallest absolute Gasteiger partial charge is 0.148 e. The number of methoxy groups -OCH3 is 1. The van der Waals surface area contributed by atoms with E-state index in [1.807, 2.05) is 0 Å². The standard InChI is InChI=1S/C8H15NO2/c1-3-8(10,7-11-2)5-4-6-9/h1,10H,4-7,9H2,2H3. The summed E-state index contributed by atoms with van der Waals surface area (Å²) >= 11 is 0. The number of terminal acetylenes is 1. The van der Waals surface area contributed by atoms with Crippen molar-refractivity contribution in [3.63, 3.8) is 0 Å². The summed E-state index contributed by atoms with van der Waals surface area (Å²) in [6.45, 7) is 0.706. The third-order valence-corrected chi connectivity index (χ3v) is 1.45. The highest BCUT2D eigenvalue weighted by Gasteiger charge is 2.22. The summed E-state index contributed by atoms with van der Waals surface area (Å²) in [7, 11) is 1.50. The van der Waals surface area contributed by atoms with Gasteiger partial charge in [-0.05, 0) is 19.4 Å². The monoisotopic (exact) mass is 157 g/mol. The predicted molar refractivity (Wildman–Crippen MR) is 43.9 cm³/mol. The molecule has 0 aliphatic carbocycles. The molecule has 0 amide bonds. The average Bonchev–Trinajstić information content (AvgIpc) is 2.02. The van der Waals surface area contributed by atoms with Crippen LogP contribution in [0.15, 0.2) is 0 Å². The van der Waals surface area contributed by atoms with Gasteiger partial charge in [0.25, 0.3) is 0 Å². The van der Waals surface area contributed by atoms with Crippen molar-refractivity contribution >= 4 is 0 Å². The quantitative estimate of drug-likeness (QED) is 0.540. The van der Waals surface area contributed by atoms with Crippen LogP contribution in [-0.2, 0) is 4.74 Å². The molecule has 3 nitrogen and oxygen atoms in total. The molecule has 0 saturated heterocycles. The van der Waals surface area contributed by atoms with Crippen LogP contribution >= 0.6 is 0 Å². The molecule has 3 N–H and O–H groups in total. The molecule has 0 rings (SSSR count). The van der Waals surface area contributed by atoms with Gasteiger partial charge in [-0.25, -0.2) is 0 Å². The Hall–Kier alpha value is -0.560. The highest BCUT2D eigenvalue weighted by molar-refractivity contribution is 5.07. The van der Waals surface area contributed by atoms with Gasteiger partial charge in [0.05, 0.1) is 6.61 Å². The Morgan fingerprint density at radius 1 is 1.73 bits per heavy atom. The van der Waals surface area contributed by atoms with Crippen LogP contribution in [0.2, 0.25) is 0 Å². The topological polar surface area (TPSA) is 55.5 Å². The molecule has 1 atom stereocenters. The Kier molecular flexibility index (Phi) is 4.88. The highest BCUT2D eigenvalue weighted by Crippen LogP contribution is 2.10. The first-order valence-electron chi connectivity index (χ1n) is 3.57. The summed E-state index contributed by atoms with van der Waals surface area (Å²) in [5, 5.41) is 9.53. The molecule has 0 bridgehead atoms. The lowest BCUT2D eigenvalue weighted by Crippen LogP contribution is -2.32. The molecular weight excluding hydrogens is 142 g/mol. The molecule has 0 fully saturated rings. The Balaban J connectivity index is 3.81. The second-order valence-corrected chi connectivity index (χ2v) is 2.50. The van der Waals surface area contributed by atoms with E-state index in [9.17, 15) is 5.11 Å². The van der Waals surface area contributed by atoms with Gasteiger partial charge in [-0.3, -0.25) is 0 Å². The Morgan fingerprint density at radius 3 is 2.73 bits per heavy atom. The summed E-state index contributed by atoms with van der Waals surface area (Å²) in [6, 6.07) is 0. The van der Waals surface area contributed by atoms with E-state index < -0.39 is 5.60 Å². The molecule has 3 heteroatoms. The SMILES string of the molecule is C#CC(O)(CCCN)COC. The van der Waals surface area contributed by atoms with Gasteiger partial charge < -0.3 is 15.6 Å². The number of hydrogen-bond acceptors (Lipinski definition) is 3. The fraction of sp³-hybridized carbons (Fsp3) is 0.750. The molecule has 0 spiro atoms. The molecule has 1 unspecified atom stereocenters. The molecule has 0 aromatic rings. The van der Waals surface area contributed by atoms with Crippen LogP contribution < -0.4 is 5.73 Å². The van der Waals surface area contributed by atoms with Gasteiger partial charge >= 0.3 is 0 Å². The number of hydrogen-bond donors (Lipinski definition) is 2. The fourth-order valence-electron chi connectivity index (χ4n) is 0.819. The van der Waals surface area contributed by atoms with Gasteiger partial charge in [-0.1, -0.05) is 5.92 Å². The van der Waals surface area contributed by atoms with E-state index in [-0.39, 0.29) is 6.61 Å². The van der Waals surface area contributed by atoms with Crippen LogP contribution in [0.5, 0.6) is 0 Å². The van der Waals surface area contributed by atoms with Crippen molar-refractivity contribution in [2.24, 2.45) is 5.73 Å². The van der Waals surface area contributed by atoms with Crippen LogP contribution in [-0.4, -0.2) is 31.0 Å². The van der Waals surface area contributed by atoms with Gasteiger partial charge in [0.2, 0.25) is 0 Å². The minimum absolute atomic E-state index is 0.170. The highest BCUT2D eigenvalue weighted by atomic mass is 16.5. The van der Waals surface area contributed by atoms with Crippen LogP contribution in [0.1, 0.15) is 12.8 Å². The second kappa shape index (κ2) is 5.14. The van der Waals surface area contributed by atoms with Gasteiger partial charge in [-0.2, -0.15) is 0 Å². The Bertz CT molecular complexity index is 142. The molecule has 64 valence electrons. The summed E-state index contributed by atoms with van der Waals surface area (Å²) in [6.07, 6.45) is 6.32. The van der Waals surface area contributed by atoms with E-state index in [2.05, 4.69) is 5.92 Å². The molecule has 11 heavy (non-hydrogen) atoms. The molecule has 0 aliphatic heterocycles. The van der Waals surface area contributed by atoms with Gasteiger partial charge in [0, 0.05) is 7.11 Å². The molecule has 0 heterocycles. The Labute approximate surface area is 67.5 Å². The molecule has 0 saturated carbocycles. The molecule has 0 aromatic carbocycles. The van der Waals surface area contributed by atoms with Crippen LogP contribution in [0, 0.1) is 12.3 Å². The minimum atomic E-state index is -1.13. The first kappa shape index (κ1) is 10.4. The lowest BCUT2D eigenvalue weighted by Gasteiger charge is -2.20. The zero-order chi connectivity index (χ0) is 8.74. The van der Waals surface area contributed by atoms with Gasteiger partial charge in [-0.15, -0.1) is 6.42 Å². The van der Waals surface area contributed by atoms with Crippen LogP contribution in [0.4, 0.5) is 0 Å². The third kappa shape index (κ3) is 3.99. The molecule has 0 aromatic heterocycles. The maximum Gasteiger partial charge on any atom is 0.148 e. The zero-order valence-corrected chi connectivity index (χ0v) is 6.84. The lowest BCUT2D eigenvalue weighted by atomic mass is 10.0.